The molecule has 0 atom stereocenters. The van der Waals surface area contributed by atoms with Gasteiger partial charge in [0.05, 0.1) is 16.9 Å². The van der Waals surface area contributed by atoms with E-state index in [1.54, 1.807) is 36.4 Å². The van der Waals surface area contributed by atoms with Crippen LogP contribution in [0.1, 0.15) is 40.2 Å². The second kappa shape index (κ2) is 16.9. The first-order valence-corrected chi connectivity index (χ1v) is 25.3. The normalized spacial score (nSPS) is 14.2. The Morgan fingerprint density at radius 2 is 1.38 bits per heavy atom. The van der Waals surface area contributed by atoms with Gasteiger partial charge in [0.1, 0.15) is 0 Å². The quantitative estimate of drug-likeness (QED) is 0.123. The summed E-state index contributed by atoms with van der Waals surface area (Å²) in [5, 5.41) is 0. The molecule has 0 aliphatic heterocycles. The molecule has 0 unspecified atom stereocenters. The summed E-state index contributed by atoms with van der Waals surface area (Å²) in [4.78, 5) is 9.18. The molecular formula is C50H47GeIrN3-2. The van der Waals surface area contributed by atoms with Gasteiger partial charge in [0.2, 0.25) is 0 Å². The average molecular weight is 964 g/mol. The van der Waals surface area contributed by atoms with Gasteiger partial charge in [-0.15, -0.1) is 65.7 Å². The summed E-state index contributed by atoms with van der Waals surface area (Å²) in [6.07, 6.45) is 1.33. The van der Waals surface area contributed by atoms with Gasteiger partial charge >= 0.3 is 161 Å². The number of fused-ring (bicyclic) bond motifs is 1. The molecular weight excluding hydrogens is 907 g/mol. The molecule has 2 heterocycles. The number of hydrogen-bond acceptors (Lipinski definition) is 2. The molecule has 0 saturated carbocycles. The monoisotopic (exact) mass is 965 g/mol. The first-order valence-electron chi connectivity index (χ1n) is 22.4. The van der Waals surface area contributed by atoms with E-state index in [0.29, 0.717) is 22.4 Å². The number of benzene rings is 6. The third-order valence-electron chi connectivity index (χ3n) is 9.56. The van der Waals surface area contributed by atoms with Crippen LogP contribution in [0, 0.1) is 46.5 Å². The minimum atomic E-state index is -2.46. The molecule has 8 aromatic rings. The Labute approximate surface area is 355 Å². The summed E-state index contributed by atoms with van der Waals surface area (Å²) in [7, 11) is 0. The molecule has 1 radical (unpaired) electrons. The fourth-order valence-electron chi connectivity index (χ4n) is 6.65. The summed E-state index contributed by atoms with van der Waals surface area (Å²) >= 11 is -1.97. The number of hydrogen-bond donors (Lipinski definition) is 0. The molecule has 2 aromatic heterocycles. The third-order valence-corrected chi connectivity index (χ3v) is 13.9. The average Bonchev–Trinajstić information content (AvgIpc) is 3.62. The number of aryl methyl sites for hydroxylation is 5. The number of rotatable bonds is 6. The van der Waals surface area contributed by atoms with Gasteiger partial charge in [-0.2, -0.15) is 0 Å². The van der Waals surface area contributed by atoms with Gasteiger partial charge in [0, 0.05) is 29.9 Å². The van der Waals surface area contributed by atoms with Crippen LogP contribution in [0.15, 0.2) is 140 Å². The summed E-state index contributed by atoms with van der Waals surface area (Å²) < 4.78 is 75.2. The molecule has 6 aromatic carbocycles. The number of pyridine rings is 1. The fraction of sp³-hybridized carbons (Fsp3) is 0.160. The molecule has 55 heavy (non-hydrogen) atoms. The SMILES string of the molecule is [2H]C([2H])([2H])c1c[c-]c(-c2nc3ccccc3n2-c2c(C)cccc2C)cc1.[2H]C([2H])([2H])c1cnc(-c2[c-]cccc2)cc1-c1ccc(-c2cc[c]([Ge]([CH3])([CH3])[CH3])cc2)cc1C([2H])([2H])[2H].[Ir]. The minimum Gasteiger partial charge on any atom is 0 e. The van der Waals surface area contributed by atoms with Crippen LogP contribution in [0.4, 0.5) is 0 Å². The van der Waals surface area contributed by atoms with Crippen molar-refractivity contribution in [2.45, 2.75) is 51.7 Å². The molecule has 0 amide bonds. The van der Waals surface area contributed by atoms with Gasteiger partial charge in [-0.05, 0) is 37.1 Å². The van der Waals surface area contributed by atoms with E-state index in [-0.39, 0.29) is 36.8 Å². The molecule has 5 heteroatoms. The van der Waals surface area contributed by atoms with Crippen LogP contribution < -0.4 is 4.40 Å². The summed E-state index contributed by atoms with van der Waals surface area (Å²) in [6.45, 7) is -2.87. The molecule has 0 N–H and O–H groups in total. The van der Waals surface area contributed by atoms with Crippen molar-refractivity contribution in [3.63, 3.8) is 0 Å². The second-order valence-electron chi connectivity index (χ2n) is 14.5. The topological polar surface area (TPSA) is 30.7 Å². The molecule has 0 aliphatic rings. The van der Waals surface area contributed by atoms with Crippen LogP contribution >= 0.6 is 0 Å². The Hall–Kier alpha value is -4.87. The number of nitrogens with zero attached hydrogens (tertiary/aromatic N) is 3. The van der Waals surface area contributed by atoms with Crippen LogP contribution in [0.2, 0.25) is 17.3 Å². The first-order chi connectivity index (χ1) is 29.6. The van der Waals surface area contributed by atoms with Crippen LogP contribution in [0.3, 0.4) is 0 Å². The van der Waals surface area contributed by atoms with Crippen molar-refractivity contribution in [2.24, 2.45) is 0 Å². The summed E-state index contributed by atoms with van der Waals surface area (Å²) in [6, 6.07) is 47.9. The number of aromatic nitrogens is 3. The summed E-state index contributed by atoms with van der Waals surface area (Å²) in [5.74, 6) is 7.74. The Balaban J connectivity index is 0.000000217. The van der Waals surface area contributed by atoms with E-state index in [1.807, 2.05) is 60.7 Å². The molecule has 0 spiro atoms. The molecule has 3 nitrogen and oxygen atoms in total. The minimum absolute atomic E-state index is 0. The Morgan fingerprint density at radius 3 is 2.05 bits per heavy atom. The van der Waals surface area contributed by atoms with Crippen LogP contribution in [-0.4, -0.2) is 27.8 Å². The van der Waals surface area contributed by atoms with Crippen molar-refractivity contribution >= 4 is 28.7 Å². The van der Waals surface area contributed by atoms with E-state index in [0.717, 1.165) is 50.4 Å². The molecule has 0 aliphatic carbocycles. The molecule has 0 fully saturated rings. The van der Waals surface area contributed by atoms with Crippen LogP contribution in [0.5, 0.6) is 0 Å². The summed E-state index contributed by atoms with van der Waals surface area (Å²) in [5.41, 5.74) is 10.1. The van der Waals surface area contributed by atoms with Gasteiger partial charge in [0.25, 0.3) is 0 Å². The smallest absolute Gasteiger partial charge is 0 e. The second-order valence-corrected chi connectivity index (χ2v) is 25.1. The van der Waals surface area contributed by atoms with E-state index in [1.165, 1.54) is 16.7 Å². The molecule has 0 saturated heterocycles. The van der Waals surface area contributed by atoms with Gasteiger partial charge in [-0.25, -0.2) is 0 Å². The predicted molar refractivity (Wildman–Crippen MR) is 231 cm³/mol. The van der Waals surface area contributed by atoms with Gasteiger partial charge in [-0.3, -0.25) is 4.98 Å². The van der Waals surface area contributed by atoms with E-state index >= 15 is 0 Å². The van der Waals surface area contributed by atoms with Gasteiger partial charge in [0.15, 0.2) is 0 Å². The zero-order chi connectivity index (χ0) is 45.5. The van der Waals surface area contributed by atoms with Gasteiger partial charge < -0.3 is 4.57 Å². The zero-order valence-electron chi connectivity index (χ0n) is 40.5. The number of imidazole rings is 1. The maximum Gasteiger partial charge on any atom is 0 e. The van der Waals surface area contributed by atoms with Crippen LogP contribution in [0.25, 0.3) is 61.6 Å². The zero-order valence-corrected chi connectivity index (χ0v) is 35.9. The Kier molecular flexibility index (Phi) is 9.03. The fourth-order valence-corrected chi connectivity index (χ4v) is 9.10. The van der Waals surface area contributed by atoms with Crippen molar-refractivity contribution in [3.05, 3.63) is 180 Å². The van der Waals surface area contributed by atoms with Crippen molar-refractivity contribution in [3.8, 4) is 50.6 Å². The van der Waals surface area contributed by atoms with Crippen molar-refractivity contribution in [2.75, 3.05) is 0 Å². The van der Waals surface area contributed by atoms with E-state index in [4.69, 9.17) is 17.3 Å². The van der Waals surface area contributed by atoms with E-state index < -0.39 is 33.8 Å². The van der Waals surface area contributed by atoms with E-state index in [2.05, 4.69) is 83.1 Å². The molecule has 0 bridgehead atoms. The van der Waals surface area contributed by atoms with Crippen molar-refractivity contribution < 1.29 is 32.4 Å². The standard InChI is InChI=1S/C28H28GeN.C22H19N2.Ir/c1-20-17-24(22-11-14-25(15-12-22)29(3,4)5)13-16-26(20)27-18-28(30-19-21(27)2)23-9-7-6-8-10-23;1-15-11-13-18(14-12-15)22-23-19-9-4-5-10-20(19)24(22)21-16(2)7-6-8-17(21)3;/h6-9,11-19H,1-5H3;4-13H,1-3H3;/q2*-1;/i1D3,2D3;1D3;. The largest absolute Gasteiger partial charge is 0 e. The maximum absolute atomic E-state index is 8.26. The van der Waals surface area contributed by atoms with Gasteiger partial charge in [-0.1, -0.05) is 37.2 Å². The number of para-hydroxylation sites is 3. The van der Waals surface area contributed by atoms with Crippen molar-refractivity contribution in [1.82, 2.24) is 14.5 Å². The van der Waals surface area contributed by atoms with E-state index in [9.17, 15) is 0 Å². The third kappa shape index (κ3) is 8.68. The Bertz CT molecular complexity index is 2880. The predicted octanol–water partition coefficient (Wildman–Crippen LogP) is 12.5. The maximum atomic E-state index is 8.26. The molecule has 8 rings (SSSR count). The van der Waals surface area contributed by atoms with Crippen LogP contribution in [-0.2, 0) is 20.1 Å². The molecule has 277 valence electrons. The first kappa shape index (κ1) is 29.4. The Morgan fingerprint density at radius 1 is 0.636 bits per heavy atom. The van der Waals surface area contributed by atoms with Crippen molar-refractivity contribution in [1.29, 1.82) is 0 Å².